The molecule has 21 heavy (non-hydrogen) atoms. The lowest BCUT2D eigenvalue weighted by Crippen LogP contribution is -2.48. The molecule has 0 radical (unpaired) electrons. The summed E-state index contributed by atoms with van der Waals surface area (Å²) in [6, 6.07) is 2.22. The molecule has 118 valence electrons. The first-order valence-electron chi connectivity index (χ1n) is 6.54. The summed E-state index contributed by atoms with van der Waals surface area (Å²) in [4.78, 5) is 15.8. The number of sulfonamides is 1. The van der Waals surface area contributed by atoms with Gasteiger partial charge in [0.1, 0.15) is 0 Å². The minimum atomic E-state index is -3.62. The molecule has 3 N–H and O–H groups in total. The molecule has 0 aliphatic rings. The van der Waals surface area contributed by atoms with Gasteiger partial charge in [0, 0.05) is 6.20 Å². The normalized spacial score (nSPS) is 13.8. The Morgan fingerprint density at radius 3 is 2.43 bits per heavy atom. The van der Waals surface area contributed by atoms with Crippen molar-refractivity contribution in [2.45, 2.75) is 43.9 Å². The molecule has 0 bridgehead atoms. The number of nitrogens with zero attached hydrogens (tertiary/aromatic N) is 1. The number of nitrogens with one attached hydrogen (secondary N) is 2. The average molecular weight is 315 g/mol. The van der Waals surface area contributed by atoms with Gasteiger partial charge in [-0.2, -0.15) is 0 Å². The molecule has 8 heteroatoms. The minimum Gasteiger partial charge on any atom is -0.388 e. The predicted octanol–water partition coefficient (Wildman–Crippen LogP) is 0.269. The van der Waals surface area contributed by atoms with E-state index in [-0.39, 0.29) is 10.6 Å². The second-order valence-corrected chi connectivity index (χ2v) is 7.01. The summed E-state index contributed by atoms with van der Waals surface area (Å²) in [5.41, 5.74) is -0.819. The molecule has 0 aliphatic carbocycles. The highest BCUT2D eigenvalue weighted by Crippen LogP contribution is 2.13. The van der Waals surface area contributed by atoms with E-state index in [9.17, 15) is 18.3 Å². The van der Waals surface area contributed by atoms with Crippen LogP contribution in [0.1, 0.15) is 37.6 Å². The Hall–Kier alpha value is -1.51. The minimum absolute atomic E-state index is 0.156. The topological polar surface area (TPSA) is 108 Å². The molecule has 0 fully saturated rings. The van der Waals surface area contributed by atoms with Crippen molar-refractivity contribution >= 4 is 15.9 Å². The van der Waals surface area contributed by atoms with Gasteiger partial charge in [-0.1, -0.05) is 6.92 Å². The summed E-state index contributed by atoms with van der Waals surface area (Å²) < 4.78 is 25.2. The smallest absolute Gasteiger partial charge is 0.257 e. The van der Waals surface area contributed by atoms with E-state index >= 15 is 0 Å². The van der Waals surface area contributed by atoms with E-state index in [1.54, 1.807) is 13.8 Å². The molecule has 1 amide bonds. The van der Waals surface area contributed by atoms with E-state index in [1.165, 1.54) is 25.4 Å². The van der Waals surface area contributed by atoms with Gasteiger partial charge in [0.05, 0.1) is 17.2 Å². The number of aliphatic hydroxyl groups is 1. The molecule has 1 aromatic heterocycles. The lowest BCUT2D eigenvalue weighted by molar-refractivity contribution is 0.0337. The molecule has 0 aromatic carbocycles. The second kappa shape index (κ2) is 6.50. The monoisotopic (exact) mass is 315 g/mol. The van der Waals surface area contributed by atoms with Crippen molar-refractivity contribution in [1.82, 2.24) is 15.0 Å². The van der Waals surface area contributed by atoms with E-state index in [0.29, 0.717) is 6.42 Å². The van der Waals surface area contributed by atoms with Crippen LogP contribution in [-0.2, 0) is 10.0 Å². The molecule has 1 unspecified atom stereocenters. The maximum atomic E-state index is 12.1. The Morgan fingerprint density at radius 1 is 1.43 bits per heavy atom. The summed E-state index contributed by atoms with van der Waals surface area (Å²) in [7, 11) is -2.34. The third-order valence-electron chi connectivity index (χ3n) is 3.11. The fourth-order valence-electron chi connectivity index (χ4n) is 1.80. The maximum Gasteiger partial charge on any atom is 0.257 e. The summed E-state index contributed by atoms with van der Waals surface area (Å²) >= 11 is 0. The number of carbonyl (C=O) groups excluding carboxylic acids is 1. The van der Waals surface area contributed by atoms with Crippen LogP contribution in [0, 0.1) is 0 Å². The Balaban J connectivity index is 2.90. The van der Waals surface area contributed by atoms with Gasteiger partial charge in [0.15, 0.2) is 5.03 Å². The number of carbonyl (C=O) groups is 1. The van der Waals surface area contributed by atoms with E-state index in [0.717, 1.165) is 0 Å². The summed E-state index contributed by atoms with van der Waals surface area (Å²) in [5, 5.41) is 12.5. The molecule has 0 saturated carbocycles. The van der Waals surface area contributed by atoms with Crippen molar-refractivity contribution in [2.75, 3.05) is 7.05 Å². The van der Waals surface area contributed by atoms with Crippen molar-refractivity contribution < 1.29 is 18.3 Å². The molecule has 0 spiro atoms. The number of amides is 1. The third-order valence-corrected chi connectivity index (χ3v) is 4.44. The van der Waals surface area contributed by atoms with Gasteiger partial charge in [-0.25, -0.2) is 18.1 Å². The summed E-state index contributed by atoms with van der Waals surface area (Å²) in [6.45, 7) is 5.08. The molecular weight excluding hydrogens is 294 g/mol. The molecule has 7 nitrogen and oxygen atoms in total. The summed E-state index contributed by atoms with van der Waals surface area (Å²) in [6.07, 6.45) is 1.76. The van der Waals surface area contributed by atoms with E-state index < -0.39 is 27.6 Å². The van der Waals surface area contributed by atoms with Crippen LogP contribution in [0.4, 0.5) is 0 Å². The van der Waals surface area contributed by atoms with Gasteiger partial charge < -0.3 is 10.4 Å². The quantitative estimate of drug-likeness (QED) is 0.698. The van der Waals surface area contributed by atoms with Gasteiger partial charge in [0.2, 0.25) is 0 Å². The average Bonchev–Trinajstić information content (AvgIpc) is 2.43. The van der Waals surface area contributed by atoms with Gasteiger partial charge in [-0.15, -0.1) is 0 Å². The predicted molar refractivity (Wildman–Crippen MR) is 78.3 cm³/mol. The fourth-order valence-corrected chi connectivity index (χ4v) is 2.45. The van der Waals surface area contributed by atoms with Gasteiger partial charge in [-0.05, 0) is 39.4 Å². The third kappa shape index (κ3) is 4.48. The van der Waals surface area contributed by atoms with Gasteiger partial charge in [-0.3, -0.25) is 4.79 Å². The van der Waals surface area contributed by atoms with Crippen molar-refractivity contribution in [1.29, 1.82) is 0 Å². The number of pyridine rings is 1. The largest absolute Gasteiger partial charge is 0.388 e. The number of rotatable bonds is 6. The Kier molecular flexibility index (Phi) is 5.43. The first kappa shape index (κ1) is 17.5. The SMILES string of the molecule is CCC(NC(=O)c1ccc(S(=O)(=O)NC)nc1)C(C)(C)O. The molecule has 0 saturated heterocycles. The number of aromatic nitrogens is 1. The standard InChI is InChI=1S/C13H21N3O4S/c1-5-10(13(2,3)18)16-12(17)9-6-7-11(15-8-9)21(19,20)14-4/h6-8,10,14,18H,5H2,1-4H3,(H,16,17). The summed E-state index contributed by atoms with van der Waals surface area (Å²) in [5.74, 6) is -0.412. The van der Waals surface area contributed by atoms with Crippen LogP contribution in [0.15, 0.2) is 23.4 Å². The van der Waals surface area contributed by atoms with Crippen molar-refractivity contribution in [3.05, 3.63) is 23.9 Å². The van der Waals surface area contributed by atoms with E-state index in [4.69, 9.17) is 0 Å². The molecular formula is C13H21N3O4S. The number of hydrogen-bond donors (Lipinski definition) is 3. The highest BCUT2D eigenvalue weighted by Gasteiger charge is 2.27. The molecule has 1 rings (SSSR count). The van der Waals surface area contributed by atoms with E-state index in [2.05, 4.69) is 15.0 Å². The first-order valence-corrected chi connectivity index (χ1v) is 8.03. The Labute approximate surface area is 124 Å². The van der Waals surface area contributed by atoms with Crippen LogP contribution >= 0.6 is 0 Å². The molecule has 1 atom stereocenters. The lowest BCUT2D eigenvalue weighted by atomic mass is 9.96. The molecule has 0 aliphatic heterocycles. The van der Waals surface area contributed by atoms with Crippen LogP contribution in [0.3, 0.4) is 0 Å². The zero-order valence-corrected chi connectivity index (χ0v) is 13.4. The number of hydrogen-bond acceptors (Lipinski definition) is 5. The van der Waals surface area contributed by atoms with Crippen molar-refractivity contribution in [3.63, 3.8) is 0 Å². The first-order chi connectivity index (χ1) is 9.61. The maximum absolute atomic E-state index is 12.1. The van der Waals surface area contributed by atoms with E-state index in [1.807, 2.05) is 6.92 Å². The zero-order valence-electron chi connectivity index (χ0n) is 12.5. The van der Waals surface area contributed by atoms with Gasteiger partial charge in [0.25, 0.3) is 15.9 Å². The fraction of sp³-hybridized carbons (Fsp3) is 0.538. The molecule has 1 aromatic rings. The van der Waals surface area contributed by atoms with Crippen LogP contribution in [-0.4, -0.2) is 43.1 Å². The zero-order chi connectivity index (χ0) is 16.3. The van der Waals surface area contributed by atoms with Crippen molar-refractivity contribution in [2.24, 2.45) is 0 Å². The lowest BCUT2D eigenvalue weighted by Gasteiger charge is -2.29. The van der Waals surface area contributed by atoms with Crippen molar-refractivity contribution in [3.8, 4) is 0 Å². The Bertz CT molecular complexity index is 591. The van der Waals surface area contributed by atoms with Crippen LogP contribution in [0.25, 0.3) is 0 Å². The highest BCUT2D eigenvalue weighted by molar-refractivity contribution is 7.89. The van der Waals surface area contributed by atoms with Crippen LogP contribution in [0.2, 0.25) is 0 Å². The Morgan fingerprint density at radius 2 is 2.05 bits per heavy atom. The van der Waals surface area contributed by atoms with Gasteiger partial charge >= 0.3 is 0 Å². The molecule has 1 heterocycles. The highest BCUT2D eigenvalue weighted by atomic mass is 32.2. The van der Waals surface area contributed by atoms with Crippen LogP contribution in [0.5, 0.6) is 0 Å². The van der Waals surface area contributed by atoms with Crippen LogP contribution < -0.4 is 10.0 Å². The second-order valence-electron chi connectivity index (χ2n) is 5.18.